The predicted octanol–water partition coefficient (Wildman–Crippen LogP) is 3.30. The fourth-order valence-corrected chi connectivity index (χ4v) is 2.30. The zero-order valence-electron chi connectivity index (χ0n) is 10.5. The standard InChI is InChI=1S/C13H11BrN4O/c1-8-7-10(14)3-4-11(8)19-13-12-17-16-9(2)18(12)6-5-15-13/h3-7H,1-2H3. The highest BCUT2D eigenvalue weighted by molar-refractivity contribution is 9.10. The Hall–Kier alpha value is -1.95. The van der Waals surface area contributed by atoms with Gasteiger partial charge in [-0.2, -0.15) is 0 Å². The number of hydrogen-bond acceptors (Lipinski definition) is 4. The van der Waals surface area contributed by atoms with Crippen molar-refractivity contribution in [3.63, 3.8) is 0 Å². The summed E-state index contributed by atoms with van der Waals surface area (Å²) in [4.78, 5) is 4.22. The summed E-state index contributed by atoms with van der Waals surface area (Å²) < 4.78 is 8.69. The quantitative estimate of drug-likeness (QED) is 0.727. The average molecular weight is 319 g/mol. The molecule has 0 amide bonds. The van der Waals surface area contributed by atoms with Gasteiger partial charge in [-0.05, 0) is 37.6 Å². The van der Waals surface area contributed by atoms with Gasteiger partial charge in [0.1, 0.15) is 11.6 Å². The highest BCUT2D eigenvalue weighted by Gasteiger charge is 2.11. The molecule has 5 nitrogen and oxygen atoms in total. The van der Waals surface area contributed by atoms with E-state index in [0.717, 1.165) is 21.6 Å². The maximum atomic E-state index is 5.84. The largest absolute Gasteiger partial charge is 0.436 e. The van der Waals surface area contributed by atoms with Crippen LogP contribution in [0.4, 0.5) is 0 Å². The summed E-state index contributed by atoms with van der Waals surface area (Å²) in [6.07, 6.45) is 3.48. The minimum Gasteiger partial charge on any atom is -0.436 e. The van der Waals surface area contributed by atoms with Crippen LogP contribution in [0, 0.1) is 13.8 Å². The summed E-state index contributed by atoms with van der Waals surface area (Å²) >= 11 is 3.43. The number of aryl methyl sites for hydroxylation is 2. The molecule has 2 heterocycles. The Balaban J connectivity index is 2.06. The molecule has 0 aliphatic rings. The molecule has 96 valence electrons. The van der Waals surface area contributed by atoms with Gasteiger partial charge in [0.15, 0.2) is 0 Å². The molecule has 0 N–H and O–H groups in total. The van der Waals surface area contributed by atoms with E-state index in [1.807, 2.05) is 42.6 Å². The van der Waals surface area contributed by atoms with E-state index in [-0.39, 0.29) is 0 Å². The van der Waals surface area contributed by atoms with E-state index in [1.165, 1.54) is 0 Å². The molecule has 0 spiro atoms. The molecular formula is C13H11BrN4O. The van der Waals surface area contributed by atoms with Gasteiger partial charge in [-0.1, -0.05) is 15.9 Å². The third-order valence-electron chi connectivity index (χ3n) is 2.81. The summed E-state index contributed by atoms with van der Waals surface area (Å²) in [7, 11) is 0. The second-order valence-electron chi connectivity index (χ2n) is 4.19. The van der Waals surface area contributed by atoms with Gasteiger partial charge < -0.3 is 4.74 Å². The molecule has 0 fully saturated rings. The van der Waals surface area contributed by atoms with Gasteiger partial charge in [-0.25, -0.2) is 4.98 Å². The second-order valence-corrected chi connectivity index (χ2v) is 5.10. The minimum atomic E-state index is 0.452. The number of aromatic nitrogens is 4. The van der Waals surface area contributed by atoms with Gasteiger partial charge in [-0.3, -0.25) is 4.40 Å². The van der Waals surface area contributed by atoms with Crippen molar-refractivity contribution in [1.29, 1.82) is 0 Å². The van der Waals surface area contributed by atoms with Crippen LogP contribution in [0.3, 0.4) is 0 Å². The number of halogens is 1. The molecule has 0 radical (unpaired) electrons. The van der Waals surface area contributed by atoms with E-state index in [4.69, 9.17) is 4.74 Å². The summed E-state index contributed by atoms with van der Waals surface area (Å²) in [5.41, 5.74) is 1.64. The molecule has 2 aromatic heterocycles. The summed E-state index contributed by atoms with van der Waals surface area (Å²) in [6, 6.07) is 5.82. The van der Waals surface area contributed by atoms with E-state index < -0.39 is 0 Å². The van der Waals surface area contributed by atoms with Gasteiger partial charge in [0.25, 0.3) is 5.88 Å². The van der Waals surface area contributed by atoms with Crippen molar-refractivity contribution in [1.82, 2.24) is 19.6 Å². The first-order valence-corrected chi connectivity index (χ1v) is 6.55. The second kappa shape index (κ2) is 4.62. The van der Waals surface area contributed by atoms with Crippen molar-refractivity contribution in [3.8, 4) is 11.6 Å². The zero-order valence-corrected chi connectivity index (χ0v) is 12.0. The lowest BCUT2D eigenvalue weighted by Crippen LogP contribution is -1.95. The zero-order chi connectivity index (χ0) is 13.4. The van der Waals surface area contributed by atoms with E-state index in [9.17, 15) is 0 Å². The minimum absolute atomic E-state index is 0.452. The monoisotopic (exact) mass is 318 g/mol. The first-order valence-electron chi connectivity index (χ1n) is 5.75. The molecule has 0 aliphatic heterocycles. The van der Waals surface area contributed by atoms with Gasteiger partial charge in [0.05, 0.1) is 0 Å². The first kappa shape index (κ1) is 12.1. The molecule has 19 heavy (non-hydrogen) atoms. The van der Waals surface area contributed by atoms with E-state index in [0.29, 0.717) is 11.5 Å². The molecule has 0 aliphatic carbocycles. The molecule has 0 unspecified atom stereocenters. The molecule has 3 aromatic rings. The highest BCUT2D eigenvalue weighted by atomic mass is 79.9. The Morgan fingerprint density at radius 3 is 2.84 bits per heavy atom. The lowest BCUT2D eigenvalue weighted by molar-refractivity contribution is 0.461. The molecular weight excluding hydrogens is 308 g/mol. The van der Waals surface area contributed by atoms with Crippen LogP contribution >= 0.6 is 15.9 Å². The van der Waals surface area contributed by atoms with Crippen molar-refractivity contribution in [2.45, 2.75) is 13.8 Å². The predicted molar refractivity (Wildman–Crippen MR) is 74.5 cm³/mol. The number of hydrogen-bond donors (Lipinski definition) is 0. The van der Waals surface area contributed by atoms with Gasteiger partial charge in [0.2, 0.25) is 5.65 Å². The van der Waals surface area contributed by atoms with E-state index in [2.05, 4.69) is 31.1 Å². The van der Waals surface area contributed by atoms with Crippen molar-refractivity contribution in [3.05, 3.63) is 46.5 Å². The highest BCUT2D eigenvalue weighted by Crippen LogP contribution is 2.28. The smallest absolute Gasteiger partial charge is 0.265 e. The molecule has 0 atom stereocenters. The van der Waals surface area contributed by atoms with Crippen molar-refractivity contribution < 1.29 is 4.74 Å². The third-order valence-corrected chi connectivity index (χ3v) is 3.30. The Labute approximate surface area is 118 Å². The maximum absolute atomic E-state index is 5.84. The van der Waals surface area contributed by atoms with Crippen LogP contribution in [0.2, 0.25) is 0 Å². The number of rotatable bonds is 2. The van der Waals surface area contributed by atoms with Crippen LogP contribution < -0.4 is 4.74 Å². The number of ether oxygens (including phenoxy) is 1. The Kier molecular flexibility index (Phi) is 2.94. The molecule has 6 heteroatoms. The van der Waals surface area contributed by atoms with E-state index >= 15 is 0 Å². The fourth-order valence-electron chi connectivity index (χ4n) is 1.82. The SMILES string of the molecule is Cc1cc(Br)ccc1Oc1nccn2c(C)nnc12. The summed E-state index contributed by atoms with van der Waals surface area (Å²) in [6.45, 7) is 3.87. The average Bonchev–Trinajstić information content (AvgIpc) is 2.76. The molecule has 0 saturated heterocycles. The lowest BCUT2D eigenvalue weighted by atomic mass is 10.2. The third kappa shape index (κ3) is 2.19. The van der Waals surface area contributed by atoms with Crippen molar-refractivity contribution >= 4 is 21.6 Å². The fraction of sp³-hybridized carbons (Fsp3) is 0.154. The van der Waals surface area contributed by atoms with Crippen LogP contribution in [-0.4, -0.2) is 19.6 Å². The van der Waals surface area contributed by atoms with Crippen LogP contribution in [0.15, 0.2) is 35.1 Å². The summed E-state index contributed by atoms with van der Waals surface area (Å²) in [5.74, 6) is 2.01. The Bertz CT molecular complexity index is 753. The summed E-state index contributed by atoms with van der Waals surface area (Å²) in [5, 5.41) is 8.10. The Morgan fingerprint density at radius 2 is 2.05 bits per heavy atom. The van der Waals surface area contributed by atoms with Crippen LogP contribution in [-0.2, 0) is 0 Å². The van der Waals surface area contributed by atoms with E-state index in [1.54, 1.807) is 6.20 Å². The maximum Gasteiger partial charge on any atom is 0.265 e. The topological polar surface area (TPSA) is 52.3 Å². The van der Waals surface area contributed by atoms with Crippen LogP contribution in [0.1, 0.15) is 11.4 Å². The van der Waals surface area contributed by atoms with Crippen molar-refractivity contribution in [2.24, 2.45) is 0 Å². The lowest BCUT2D eigenvalue weighted by Gasteiger charge is -2.08. The number of nitrogens with zero attached hydrogens (tertiary/aromatic N) is 4. The van der Waals surface area contributed by atoms with Crippen LogP contribution in [0.25, 0.3) is 5.65 Å². The Morgan fingerprint density at radius 1 is 1.21 bits per heavy atom. The van der Waals surface area contributed by atoms with Crippen LogP contribution in [0.5, 0.6) is 11.6 Å². The van der Waals surface area contributed by atoms with Gasteiger partial charge in [0, 0.05) is 16.9 Å². The van der Waals surface area contributed by atoms with Gasteiger partial charge in [-0.15, -0.1) is 10.2 Å². The molecule has 0 bridgehead atoms. The molecule has 0 saturated carbocycles. The van der Waals surface area contributed by atoms with Crippen molar-refractivity contribution in [2.75, 3.05) is 0 Å². The number of benzene rings is 1. The molecule has 1 aromatic carbocycles. The normalized spacial score (nSPS) is 10.9. The number of fused-ring (bicyclic) bond motifs is 1. The molecule has 3 rings (SSSR count). The van der Waals surface area contributed by atoms with Gasteiger partial charge >= 0.3 is 0 Å². The first-order chi connectivity index (χ1) is 9.15.